The van der Waals surface area contributed by atoms with Gasteiger partial charge < -0.3 is 4.74 Å². The number of rotatable bonds is 7. The summed E-state index contributed by atoms with van der Waals surface area (Å²) < 4.78 is 63.1. The molecule has 2 aromatic heterocycles. The van der Waals surface area contributed by atoms with E-state index in [4.69, 9.17) is 16.3 Å². The van der Waals surface area contributed by atoms with E-state index >= 15 is 0 Å². The van der Waals surface area contributed by atoms with Gasteiger partial charge in [-0.2, -0.15) is 0 Å². The number of hydrogen-bond acceptors (Lipinski definition) is 6. The van der Waals surface area contributed by atoms with Gasteiger partial charge in [-0.1, -0.05) is 60.1 Å². The van der Waals surface area contributed by atoms with E-state index < -0.39 is 25.8 Å². The van der Waals surface area contributed by atoms with Crippen molar-refractivity contribution in [1.82, 2.24) is 7.94 Å². The molecule has 11 heteroatoms. The second-order valence-corrected chi connectivity index (χ2v) is 13.1. The number of fused-ring (bicyclic) bond motifs is 2. The van der Waals surface area contributed by atoms with Crippen molar-refractivity contribution >= 4 is 59.2 Å². The quantitative estimate of drug-likeness (QED) is 0.208. The molecule has 0 saturated carbocycles. The maximum Gasteiger partial charge on any atom is 0.268 e. The van der Waals surface area contributed by atoms with E-state index in [1.165, 1.54) is 49.6 Å². The van der Waals surface area contributed by atoms with Gasteiger partial charge in [-0.3, -0.25) is 4.79 Å². The monoisotopic (exact) mass is 604 g/mol. The van der Waals surface area contributed by atoms with Crippen molar-refractivity contribution in [2.45, 2.75) is 9.79 Å². The third kappa shape index (κ3) is 4.31. The van der Waals surface area contributed by atoms with Gasteiger partial charge >= 0.3 is 0 Å². The van der Waals surface area contributed by atoms with Crippen molar-refractivity contribution < 1.29 is 26.4 Å². The molecule has 0 aliphatic rings. The van der Waals surface area contributed by atoms with Crippen LogP contribution in [0.25, 0.3) is 21.8 Å². The third-order valence-electron chi connectivity index (χ3n) is 6.72. The van der Waals surface area contributed by atoms with Crippen LogP contribution in [0.15, 0.2) is 119 Å². The minimum absolute atomic E-state index is 0.0390. The Balaban J connectivity index is 1.68. The Hall–Kier alpha value is -4.38. The van der Waals surface area contributed by atoms with Crippen molar-refractivity contribution in [2.75, 3.05) is 7.11 Å². The maximum absolute atomic E-state index is 14.4. The summed E-state index contributed by atoms with van der Waals surface area (Å²) in [4.78, 5) is 14.3. The topological polar surface area (TPSA) is 104 Å². The molecule has 6 rings (SSSR count). The number of benzene rings is 4. The van der Waals surface area contributed by atoms with Gasteiger partial charge in [-0.15, -0.1) is 0 Å². The fraction of sp³-hybridized carbons (Fsp3) is 0.0333. The van der Waals surface area contributed by atoms with Gasteiger partial charge in [0.1, 0.15) is 17.1 Å². The zero-order chi connectivity index (χ0) is 28.9. The average molecular weight is 605 g/mol. The van der Waals surface area contributed by atoms with E-state index in [-0.39, 0.29) is 37.2 Å². The Morgan fingerprint density at radius 2 is 1.22 bits per heavy atom. The van der Waals surface area contributed by atoms with E-state index in [2.05, 4.69) is 0 Å². The molecule has 0 unspecified atom stereocenters. The average Bonchev–Trinajstić information content (AvgIpc) is 3.58. The number of ether oxygens (including phenoxy) is 1. The third-order valence-corrected chi connectivity index (χ3v) is 10.5. The Morgan fingerprint density at radius 3 is 1.83 bits per heavy atom. The number of carbonyl (C=O) groups excluding carboxylic acids is 1. The smallest absolute Gasteiger partial charge is 0.268 e. The molecule has 206 valence electrons. The highest BCUT2D eigenvalue weighted by molar-refractivity contribution is 7.90. The lowest BCUT2D eigenvalue weighted by Gasteiger charge is -2.14. The molecule has 0 bridgehead atoms. The first-order valence-corrected chi connectivity index (χ1v) is 15.6. The molecule has 41 heavy (non-hydrogen) atoms. The van der Waals surface area contributed by atoms with E-state index in [9.17, 15) is 21.6 Å². The van der Waals surface area contributed by atoms with Crippen LogP contribution in [-0.4, -0.2) is 37.7 Å². The Morgan fingerprint density at radius 1 is 0.659 bits per heavy atom. The normalized spacial score (nSPS) is 12.1. The zero-order valence-electron chi connectivity index (χ0n) is 21.4. The molecule has 2 heterocycles. The molecule has 0 radical (unpaired) electrons. The first-order valence-electron chi connectivity index (χ1n) is 12.3. The number of halogens is 1. The van der Waals surface area contributed by atoms with Gasteiger partial charge in [0.15, 0.2) is 0 Å². The number of ketones is 1. The minimum Gasteiger partial charge on any atom is -0.497 e. The van der Waals surface area contributed by atoms with Crippen LogP contribution in [0.5, 0.6) is 5.75 Å². The van der Waals surface area contributed by atoms with Gasteiger partial charge in [0.25, 0.3) is 20.0 Å². The molecule has 0 atom stereocenters. The predicted molar refractivity (Wildman–Crippen MR) is 157 cm³/mol. The Labute approximate surface area is 241 Å². The van der Waals surface area contributed by atoms with Crippen LogP contribution in [0.3, 0.4) is 0 Å². The largest absolute Gasteiger partial charge is 0.497 e. The van der Waals surface area contributed by atoms with Crippen molar-refractivity contribution in [3.05, 3.63) is 126 Å². The highest BCUT2D eigenvalue weighted by Crippen LogP contribution is 2.34. The molecule has 0 amide bonds. The van der Waals surface area contributed by atoms with Crippen molar-refractivity contribution in [3.63, 3.8) is 0 Å². The molecule has 0 aliphatic heterocycles. The number of carbonyl (C=O) groups is 1. The fourth-order valence-electron chi connectivity index (χ4n) is 4.84. The van der Waals surface area contributed by atoms with Crippen LogP contribution in [-0.2, 0) is 20.0 Å². The lowest BCUT2D eigenvalue weighted by atomic mass is 10.2. The first-order chi connectivity index (χ1) is 19.6. The van der Waals surface area contributed by atoms with Gasteiger partial charge in [0.2, 0.25) is 5.78 Å². The molecule has 0 spiro atoms. The molecule has 0 N–H and O–H groups in total. The number of methoxy groups -OCH3 is 1. The number of hydrogen-bond donors (Lipinski definition) is 0. The van der Waals surface area contributed by atoms with Crippen molar-refractivity contribution in [2.24, 2.45) is 0 Å². The number of para-hydroxylation sites is 1. The Kier molecular flexibility index (Phi) is 6.49. The van der Waals surface area contributed by atoms with Crippen molar-refractivity contribution in [3.8, 4) is 5.75 Å². The maximum atomic E-state index is 14.4. The minimum atomic E-state index is -4.34. The lowest BCUT2D eigenvalue weighted by Crippen LogP contribution is -2.23. The summed E-state index contributed by atoms with van der Waals surface area (Å²) in [7, 11) is -7.16. The predicted octanol–water partition coefficient (Wildman–Crippen LogP) is 5.96. The molecule has 0 fully saturated rings. The molecular weight excluding hydrogens is 584 g/mol. The summed E-state index contributed by atoms with van der Waals surface area (Å²) in [6, 6.07) is 27.7. The molecule has 0 saturated heterocycles. The highest BCUT2D eigenvalue weighted by atomic mass is 35.5. The van der Waals surface area contributed by atoms with Crippen LogP contribution in [0, 0.1) is 0 Å². The summed E-state index contributed by atoms with van der Waals surface area (Å²) in [6.45, 7) is 0. The summed E-state index contributed by atoms with van der Waals surface area (Å²) in [5.74, 6) is -0.371. The fourth-order valence-corrected chi connectivity index (χ4v) is 8.23. The summed E-state index contributed by atoms with van der Waals surface area (Å²) >= 11 is 6.49. The van der Waals surface area contributed by atoms with Crippen LogP contribution in [0.4, 0.5) is 0 Å². The lowest BCUT2D eigenvalue weighted by molar-refractivity contribution is 0.102. The SMILES string of the molecule is COc1ccc2c(c1)cc(C(=O)c1cc3cccc(Cl)c3n1S(=O)(=O)c1ccccc1)n2S(=O)(=O)c1ccccc1. The van der Waals surface area contributed by atoms with E-state index in [0.29, 0.717) is 16.5 Å². The molecule has 0 aliphatic carbocycles. The second kappa shape index (κ2) is 9.91. The van der Waals surface area contributed by atoms with Gasteiger partial charge in [0.05, 0.1) is 33.0 Å². The molecule has 4 aromatic carbocycles. The van der Waals surface area contributed by atoms with Crippen LogP contribution in [0.2, 0.25) is 5.02 Å². The van der Waals surface area contributed by atoms with Crippen LogP contribution in [0.1, 0.15) is 16.2 Å². The first kappa shape index (κ1) is 26.8. The van der Waals surface area contributed by atoms with Crippen LogP contribution < -0.4 is 4.74 Å². The van der Waals surface area contributed by atoms with Crippen LogP contribution >= 0.6 is 11.6 Å². The number of nitrogens with zero attached hydrogens (tertiary/aromatic N) is 2. The number of aromatic nitrogens is 2. The standard InChI is InChI=1S/C30H21ClN2O6S2/c1-39-22-15-16-26-21(17-22)19-27(32(26)40(35,36)23-10-4-2-5-11-23)30(34)28-18-20-9-8-14-25(31)29(20)33(28)41(37,38)24-12-6-3-7-13-24/h2-19H,1H3. The highest BCUT2D eigenvalue weighted by Gasteiger charge is 2.32. The summed E-state index contributed by atoms with van der Waals surface area (Å²) in [6.07, 6.45) is 0. The van der Waals surface area contributed by atoms with Crippen molar-refractivity contribution in [1.29, 1.82) is 0 Å². The zero-order valence-corrected chi connectivity index (χ0v) is 23.8. The molecule has 6 aromatic rings. The van der Waals surface area contributed by atoms with Gasteiger partial charge in [-0.05, 0) is 60.7 Å². The Bertz CT molecular complexity index is 2190. The van der Waals surface area contributed by atoms with E-state index in [1.807, 2.05) is 0 Å². The molecule has 8 nitrogen and oxygen atoms in total. The second-order valence-electron chi connectivity index (χ2n) is 9.16. The molecular formula is C30H21ClN2O6S2. The summed E-state index contributed by atoms with van der Waals surface area (Å²) in [5.41, 5.74) is -0.182. The van der Waals surface area contributed by atoms with E-state index in [1.54, 1.807) is 66.7 Å². The van der Waals surface area contributed by atoms with Gasteiger partial charge in [-0.25, -0.2) is 24.8 Å². The summed E-state index contributed by atoms with van der Waals surface area (Å²) in [5, 5.41) is 0.928. The van der Waals surface area contributed by atoms with E-state index in [0.717, 1.165) is 7.94 Å². The van der Waals surface area contributed by atoms with Gasteiger partial charge in [0, 0.05) is 10.8 Å².